The second-order valence-electron chi connectivity index (χ2n) is 8.35. The number of hydrogen-bond acceptors (Lipinski definition) is 3. The zero-order valence-corrected chi connectivity index (χ0v) is 20.1. The summed E-state index contributed by atoms with van der Waals surface area (Å²) in [5.41, 5.74) is 4.14. The summed E-state index contributed by atoms with van der Waals surface area (Å²) in [4.78, 5) is 33.5. The first kappa shape index (κ1) is 23.2. The van der Waals surface area contributed by atoms with Crippen molar-refractivity contribution in [3.63, 3.8) is 0 Å². The number of rotatable bonds is 6. The van der Waals surface area contributed by atoms with E-state index in [0.717, 1.165) is 23.4 Å². The van der Waals surface area contributed by atoms with Crippen molar-refractivity contribution in [3.8, 4) is 5.69 Å². The van der Waals surface area contributed by atoms with Gasteiger partial charge in [-0.3, -0.25) is 9.36 Å². The molecule has 1 unspecified atom stereocenters. The lowest BCUT2D eigenvalue weighted by Gasteiger charge is -2.30. The van der Waals surface area contributed by atoms with E-state index in [0.29, 0.717) is 23.3 Å². The van der Waals surface area contributed by atoms with Gasteiger partial charge in [0, 0.05) is 12.2 Å². The highest BCUT2D eigenvalue weighted by molar-refractivity contribution is 5.90. The third kappa shape index (κ3) is 4.44. The third-order valence-electron chi connectivity index (χ3n) is 6.23. The van der Waals surface area contributed by atoms with Gasteiger partial charge in [-0.05, 0) is 68.7 Å². The first-order valence-electron chi connectivity index (χ1n) is 11.7. The van der Waals surface area contributed by atoms with E-state index in [1.807, 2.05) is 87.5 Å². The summed E-state index contributed by atoms with van der Waals surface area (Å²) in [6.45, 7) is 8.34. The van der Waals surface area contributed by atoms with Gasteiger partial charge in [-0.2, -0.15) is 0 Å². The molecule has 0 radical (unpaired) electrons. The van der Waals surface area contributed by atoms with E-state index in [9.17, 15) is 9.59 Å². The summed E-state index contributed by atoms with van der Waals surface area (Å²) < 4.78 is 1.64. The molecule has 0 fully saturated rings. The molecule has 0 aliphatic carbocycles. The van der Waals surface area contributed by atoms with Crippen LogP contribution in [0.2, 0.25) is 0 Å². The van der Waals surface area contributed by atoms with Crippen LogP contribution in [0.3, 0.4) is 0 Å². The Morgan fingerprint density at radius 3 is 2.35 bits per heavy atom. The van der Waals surface area contributed by atoms with Crippen LogP contribution in [-0.2, 0) is 6.42 Å². The van der Waals surface area contributed by atoms with Crippen LogP contribution in [0.1, 0.15) is 43.8 Å². The molecule has 0 aliphatic heterocycles. The largest absolute Gasteiger partial charge is 0.322 e. The monoisotopic (exact) mass is 454 g/mol. The summed E-state index contributed by atoms with van der Waals surface area (Å²) in [5.74, 6) is 0.523. The van der Waals surface area contributed by atoms with Gasteiger partial charge in [0.15, 0.2) is 0 Å². The average Bonchev–Trinajstić information content (AvgIpc) is 2.86. The first-order valence-corrected chi connectivity index (χ1v) is 11.7. The molecule has 1 heterocycles. The Morgan fingerprint density at radius 2 is 1.68 bits per heavy atom. The molecule has 4 aromatic rings. The molecule has 0 bridgehead atoms. The standard InChI is InChI=1S/C28H30N4O2/c1-5-21-15-17-22(18-16-21)32-26(29-25-14-10-8-12-23(25)27(32)33)20(4)31(6-2)28(34)30-24-13-9-7-11-19(24)3/h7-18,20H,5-6H2,1-4H3,(H,30,34). The van der Waals surface area contributed by atoms with Gasteiger partial charge < -0.3 is 10.2 Å². The van der Waals surface area contributed by atoms with Crippen LogP contribution in [-0.4, -0.2) is 27.0 Å². The van der Waals surface area contributed by atoms with Gasteiger partial charge in [-0.1, -0.05) is 49.4 Å². The van der Waals surface area contributed by atoms with E-state index >= 15 is 0 Å². The molecular formula is C28H30N4O2. The molecule has 0 saturated heterocycles. The molecule has 174 valence electrons. The number of urea groups is 1. The molecule has 3 aromatic carbocycles. The van der Waals surface area contributed by atoms with Crippen LogP contribution >= 0.6 is 0 Å². The predicted molar refractivity (Wildman–Crippen MR) is 138 cm³/mol. The molecule has 34 heavy (non-hydrogen) atoms. The fraction of sp³-hybridized carbons (Fsp3) is 0.250. The van der Waals surface area contributed by atoms with Crippen LogP contribution in [0.25, 0.3) is 16.6 Å². The van der Waals surface area contributed by atoms with Gasteiger partial charge in [0.1, 0.15) is 5.82 Å². The number of fused-ring (bicyclic) bond motifs is 1. The number of carbonyl (C=O) groups excluding carboxylic acids is 1. The molecule has 0 aliphatic rings. The minimum absolute atomic E-state index is 0.146. The van der Waals surface area contributed by atoms with E-state index in [1.165, 1.54) is 5.56 Å². The van der Waals surface area contributed by atoms with E-state index in [1.54, 1.807) is 15.5 Å². The number of para-hydroxylation sites is 2. The summed E-state index contributed by atoms with van der Waals surface area (Å²) in [7, 11) is 0. The maximum Gasteiger partial charge on any atom is 0.322 e. The van der Waals surface area contributed by atoms with Crippen LogP contribution in [0.15, 0.2) is 77.6 Å². The highest BCUT2D eigenvalue weighted by Crippen LogP contribution is 2.24. The van der Waals surface area contributed by atoms with Crippen LogP contribution < -0.4 is 10.9 Å². The fourth-order valence-electron chi connectivity index (χ4n) is 4.19. The number of anilines is 1. The number of aromatic nitrogens is 2. The Balaban J connectivity index is 1.81. The van der Waals surface area contributed by atoms with Crippen molar-refractivity contribution in [1.82, 2.24) is 14.5 Å². The molecule has 0 saturated carbocycles. The highest BCUT2D eigenvalue weighted by Gasteiger charge is 2.26. The highest BCUT2D eigenvalue weighted by atomic mass is 16.2. The number of carbonyl (C=O) groups is 1. The van der Waals surface area contributed by atoms with Crippen LogP contribution in [0.4, 0.5) is 10.5 Å². The van der Waals surface area contributed by atoms with E-state index < -0.39 is 6.04 Å². The second kappa shape index (κ2) is 9.91. The lowest BCUT2D eigenvalue weighted by molar-refractivity contribution is 0.193. The quantitative estimate of drug-likeness (QED) is 0.396. The molecular weight excluding hydrogens is 424 g/mol. The van der Waals surface area contributed by atoms with Crippen molar-refractivity contribution in [3.05, 3.63) is 100 Å². The SMILES string of the molecule is CCc1ccc(-n2c(C(C)N(CC)C(=O)Nc3ccccc3C)nc3ccccc3c2=O)cc1. The van der Waals surface area contributed by atoms with Gasteiger partial charge in [-0.25, -0.2) is 9.78 Å². The van der Waals surface area contributed by atoms with Crippen LogP contribution in [0.5, 0.6) is 0 Å². The average molecular weight is 455 g/mol. The molecule has 4 rings (SSSR count). The molecule has 6 nitrogen and oxygen atoms in total. The lowest BCUT2D eigenvalue weighted by Crippen LogP contribution is -2.39. The first-order chi connectivity index (χ1) is 16.4. The number of nitrogens with zero attached hydrogens (tertiary/aromatic N) is 3. The van der Waals surface area contributed by atoms with Crippen molar-refractivity contribution < 1.29 is 4.79 Å². The predicted octanol–water partition coefficient (Wildman–Crippen LogP) is 5.87. The van der Waals surface area contributed by atoms with Crippen molar-refractivity contribution in [1.29, 1.82) is 0 Å². The number of amides is 2. The Hall–Kier alpha value is -3.93. The van der Waals surface area contributed by atoms with Crippen molar-refractivity contribution in [2.45, 2.75) is 40.2 Å². The molecule has 1 aromatic heterocycles. The zero-order chi connectivity index (χ0) is 24.2. The zero-order valence-electron chi connectivity index (χ0n) is 20.1. The summed E-state index contributed by atoms with van der Waals surface area (Å²) in [6, 6.07) is 22.2. The van der Waals surface area contributed by atoms with Crippen molar-refractivity contribution >= 4 is 22.6 Å². The molecule has 1 atom stereocenters. The van der Waals surface area contributed by atoms with Crippen molar-refractivity contribution in [2.75, 3.05) is 11.9 Å². The third-order valence-corrected chi connectivity index (χ3v) is 6.23. The minimum Gasteiger partial charge on any atom is -0.315 e. The summed E-state index contributed by atoms with van der Waals surface area (Å²) in [5, 5.41) is 3.56. The summed E-state index contributed by atoms with van der Waals surface area (Å²) in [6.07, 6.45) is 0.914. The lowest BCUT2D eigenvalue weighted by atomic mass is 10.1. The topological polar surface area (TPSA) is 67.2 Å². The van der Waals surface area contributed by atoms with Crippen molar-refractivity contribution in [2.24, 2.45) is 0 Å². The number of hydrogen-bond donors (Lipinski definition) is 1. The van der Waals surface area contributed by atoms with E-state index in [2.05, 4.69) is 12.2 Å². The smallest absolute Gasteiger partial charge is 0.315 e. The maximum absolute atomic E-state index is 13.6. The van der Waals surface area contributed by atoms with E-state index in [-0.39, 0.29) is 11.6 Å². The molecule has 1 N–H and O–H groups in total. The molecule has 6 heteroatoms. The second-order valence-corrected chi connectivity index (χ2v) is 8.35. The number of benzene rings is 3. The normalized spacial score (nSPS) is 11.9. The van der Waals surface area contributed by atoms with E-state index in [4.69, 9.17) is 4.98 Å². The number of aryl methyl sites for hydroxylation is 2. The molecule has 2 amide bonds. The molecule has 0 spiro atoms. The Kier molecular flexibility index (Phi) is 6.77. The van der Waals surface area contributed by atoms with Gasteiger partial charge in [0.05, 0.1) is 22.6 Å². The van der Waals surface area contributed by atoms with Gasteiger partial charge in [-0.15, -0.1) is 0 Å². The Morgan fingerprint density at radius 1 is 1.00 bits per heavy atom. The van der Waals surface area contributed by atoms with Gasteiger partial charge in [0.25, 0.3) is 5.56 Å². The van der Waals surface area contributed by atoms with Gasteiger partial charge >= 0.3 is 6.03 Å². The Labute approximate surface area is 199 Å². The van der Waals surface area contributed by atoms with Gasteiger partial charge in [0.2, 0.25) is 0 Å². The van der Waals surface area contributed by atoms with Crippen LogP contribution in [0, 0.1) is 6.92 Å². The minimum atomic E-state index is -0.447. The fourth-order valence-corrected chi connectivity index (χ4v) is 4.19. The Bertz CT molecular complexity index is 1380. The maximum atomic E-state index is 13.6. The number of nitrogens with one attached hydrogen (secondary N) is 1. The summed E-state index contributed by atoms with van der Waals surface area (Å²) >= 11 is 0.